The number of hydrogen-bond donors (Lipinski definition) is 1. The Morgan fingerprint density at radius 1 is 0.486 bits per heavy atom. The molecule has 0 spiro atoms. The van der Waals surface area contributed by atoms with E-state index in [0.29, 0.717) is 10.0 Å². The van der Waals surface area contributed by atoms with Crippen LogP contribution >= 0.6 is 0 Å². The number of carboxylic acid groups (broad SMARTS) is 1. The summed E-state index contributed by atoms with van der Waals surface area (Å²) in [5.74, 6) is -0.879. The quantitative estimate of drug-likeness (QED) is 0.260. The summed E-state index contributed by atoms with van der Waals surface area (Å²) in [6.45, 7) is 0.860. The first kappa shape index (κ1) is 23.7. The van der Waals surface area contributed by atoms with Crippen LogP contribution in [-0.4, -0.2) is 11.1 Å². The summed E-state index contributed by atoms with van der Waals surface area (Å²) >= 11 is 0. The maximum atomic E-state index is 10.2. The van der Waals surface area contributed by atoms with Gasteiger partial charge in [-0.1, -0.05) is 103 Å². The van der Waals surface area contributed by atoms with Crippen LogP contribution in [0.2, 0.25) is 0 Å². The normalized spacial score (nSPS) is 10.6. The van der Waals surface area contributed by atoms with Gasteiger partial charge in [0.1, 0.15) is 23.6 Å². The van der Waals surface area contributed by atoms with Crippen molar-refractivity contribution in [2.75, 3.05) is 0 Å². The standard InChI is InChI=1S/C25H22N.C7H6O2/c1-5-13-22(14-6-1)21-26(23-15-7-2-8-16-23,24-17-9-3-10-18-24)25-19-11-4-12-20-25;8-7(9)6-4-2-1-3-5-6/h1-20H,21H2;1-5H,(H,8,9)/q+1;. The van der Waals surface area contributed by atoms with Gasteiger partial charge in [-0.3, -0.25) is 0 Å². The lowest BCUT2D eigenvalue weighted by atomic mass is 10.1. The second-order valence-corrected chi connectivity index (χ2v) is 8.13. The van der Waals surface area contributed by atoms with E-state index in [2.05, 4.69) is 121 Å². The molecular formula is C32H28NO2+. The van der Waals surface area contributed by atoms with Crippen LogP contribution < -0.4 is 4.48 Å². The van der Waals surface area contributed by atoms with E-state index in [-0.39, 0.29) is 0 Å². The molecule has 0 radical (unpaired) electrons. The maximum Gasteiger partial charge on any atom is 0.335 e. The average molecular weight is 459 g/mol. The van der Waals surface area contributed by atoms with Crippen molar-refractivity contribution in [3.63, 3.8) is 0 Å². The average Bonchev–Trinajstić information content (AvgIpc) is 2.94. The first-order valence-corrected chi connectivity index (χ1v) is 11.6. The molecular weight excluding hydrogens is 430 g/mol. The van der Waals surface area contributed by atoms with E-state index in [1.54, 1.807) is 30.3 Å². The largest absolute Gasteiger partial charge is 0.478 e. The van der Waals surface area contributed by atoms with Crippen molar-refractivity contribution in [1.82, 2.24) is 4.48 Å². The van der Waals surface area contributed by atoms with Gasteiger partial charge in [0.15, 0.2) is 0 Å². The molecule has 0 unspecified atom stereocenters. The summed E-state index contributed by atoms with van der Waals surface area (Å²) < 4.78 is 0.659. The Labute approximate surface area is 206 Å². The Morgan fingerprint density at radius 2 is 0.800 bits per heavy atom. The number of carbonyl (C=O) groups is 1. The first-order valence-electron chi connectivity index (χ1n) is 11.6. The fraction of sp³-hybridized carbons (Fsp3) is 0.0312. The van der Waals surface area contributed by atoms with Crippen molar-refractivity contribution in [2.24, 2.45) is 0 Å². The molecule has 3 heteroatoms. The van der Waals surface area contributed by atoms with E-state index in [1.807, 2.05) is 0 Å². The molecule has 1 N–H and O–H groups in total. The summed E-state index contributed by atoms with van der Waals surface area (Å²) in [4.78, 5) is 10.2. The predicted octanol–water partition coefficient (Wildman–Crippen LogP) is 8.24. The van der Waals surface area contributed by atoms with Gasteiger partial charge in [0.05, 0.1) is 5.56 Å². The minimum Gasteiger partial charge on any atom is -0.478 e. The van der Waals surface area contributed by atoms with Crippen LogP contribution in [0.5, 0.6) is 0 Å². The van der Waals surface area contributed by atoms with Gasteiger partial charge < -0.3 is 5.11 Å². The molecule has 0 amide bonds. The van der Waals surface area contributed by atoms with Crippen molar-refractivity contribution >= 4 is 23.0 Å². The Bertz CT molecular complexity index is 1210. The van der Waals surface area contributed by atoms with E-state index < -0.39 is 5.97 Å². The van der Waals surface area contributed by atoms with E-state index >= 15 is 0 Å². The second-order valence-electron chi connectivity index (χ2n) is 8.13. The SMILES string of the molecule is O=C(O)c1ccccc1.c1ccc(C[N+](c2ccccc2)(c2ccccc2)c2ccccc2)cc1. The summed E-state index contributed by atoms with van der Waals surface area (Å²) in [6.07, 6.45) is 0. The lowest BCUT2D eigenvalue weighted by molar-refractivity contribution is 0.0697. The van der Waals surface area contributed by atoms with Gasteiger partial charge in [-0.05, 0) is 48.5 Å². The van der Waals surface area contributed by atoms with Crippen molar-refractivity contribution in [2.45, 2.75) is 6.54 Å². The molecule has 5 aromatic rings. The highest BCUT2D eigenvalue weighted by atomic mass is 16.4. The van der Waals surface area contributed by atoms with E-state index in [4.69, 9.17) is 5.11 Å². The van der Waals surface area contributed by atoms with Gasteiger partial charge in [0.2, 0.25) is 0 Å². The van der Waals surface area contributed by atoms with Gasteiger partial charge in [-0.15, -0.1) is 0 Å². The number of para-hydroxylation sites is 3. The topological polar surface area (TPSA) is 37.3 Å². The van der Waals surface area contributed by atoms with Crippen LogP contribution in [0, 0.1) is 0 Å². The third-order valence-electron chi connectivity index (χ3n) is 5.87. The minimum absolute atomic E-state index is 0.331. The molecule has 0 aliphatic carbocycles. The van der Waals surface area contributed by atoms with Crippen molar-refractivity contribution in [3.8, 4) is 0 Å². The molecule has 5 aromatic carbocycles. The van der Waals surface area contributed by atoms with Gasteiger partial charge in [0, 0.05) is 5.56 Å². The smallest absolute Gasteiger partial charge is 0.335 e. The van der Waals surface area contributed by atoms with E-state index in [9.17, 15) is 4.79 Å². The van der Waals surface area contributed by atoms with Crippen LogP contribution in [-0.2, 0) is 6.54 Å². The Morgan fingerprint density at radius 3 is 1.11 bits per heavy atom. The van der Waals surface area contributed by atoms with Crippen molar-refractivity contribution < 1.29 is 9.90 Å². The molecule has 0 aliphatic heterocycles. The minimum atomic E-state index is -0.879. The molecule has 0 heterocycles. The van der Waals surface area contributed by atoms with E-state index in [0.717, 1.165) is 6.54 Å². The van der Waals surface area contributed by atoms with Crippen LogP contribution in [0.15, 0.2) is 152 Å². The van der Waals surface area contributed by atoms with E-state index in [1.165, 1.54) is 22.6 Å². The van der Waals surface area contributed by atoms with Crippen molar-refractivity contribution in [3.05, 3.63) is 163 Å². The van der Waals surface area contributed by atoms with Crippen molar-refractivity contribution in [1.29, 1.82) is 0 Å². The van der Waals surface area contributed by atoms with Crippen LogP contribution in [0.1, 0.15) is 15.9 Å². The fourth-order valence-corrected chi connectivity index (χ4v) is 4.21. The molecule has 0 saturated heterocycles. The van der Waals surface area contributed by atoms with Crippen LogP contribution in [0.3, 0.4) is 0 Å². The predicted molar refractivity (Wildman–Crippen MR) is 144 cm³/mol. The Balaban J connectivity index is 0.000000271. The summed E-state index contributed by atoms with van der Waals surface area (Å²) in [7, 11) is 0. The highest BCUT2D eigenvalue weighted by Crippen LogP contribution is 2.45. The third-order valence-corrected chi connectivity index (χ3v) is 5.87. The molecule has 172 valence electrons. The van der Waals surface area contributed by atoms with Crippen LogP contribution in [0.4, 0.5) is 17.1 Å². The van der Waals surface area contributed by atoms with Gasteiger partial charge in [-0.2, -0.15) is 0 Å². The third kappa shape index (κ3) is 5.72. The molecule has 0 bridgehead atoms. The summed E-state index contributed by atoms with van der Waals surface area (Å²) in [5.41, 5.74) is 5.41. The zero-order chi connectivity index (χ0) is 24.3. The highest BCUT2D eigenvalue weighted by Gasteiger charge is 2.36. The molecule has 0 aromatic heterocycles. The molecule has 0 atom stereocenters. The number of hydrogen-bond acceptors (Lipinski definition) is 1. The lowest BCUT2D eigenvalue weighted by Crippen LogP contribution is -2.38. The molecule has 0 aliphatic rings. The molecule has 0 saturated carbocycles. The summed E-state index contributed by atoms with van der Waals surface area (Å²) in [6, 6.07) is 51.4. The summed E-state index contributed by atoms with van der Waals surface area (Å²) in [5, 5.41) is 8.38. The highest BCUT2D eigenvalue weighted by molar-refractivity contribution is 5.87. The number of benzene rings is 5. The zero-order valence-electron chi connectivity index (χ0n) is 19.4. The Hall–Kier alpha value is -4.47. The monoisotopic (exact) mass is 458 g/mol. The number of quaternary nitrogens is 1. The molecule has 0 fully saturated rings. The second kappa shape index (κ2) is 11.6. The fourth-order valence-electron chi connectivity index (χ4n) is 4.21. The van der Waals surface area contributed by atoms with Gasteiger partial charge in [-0.25, -0.2) is 9.28 Å². The zero-order valence-corrected chi connectivity index (χ0v) is 19.4. The molecule has 5 rings (SSSR count). The maximum absolute atomic E-state index is 10.2. The number of aromatic carboxylic acids is 1. The lowest BCUT2D eigenvalue weighted by Gasteiger charge is -2.37. The number of carboxylic acids is 1. The first-order chi connectivity index (χ1) is 17.2. The number of rotatable bonds is 6. The molecule has 3 nitrogen and oxygen atoms in total. The number of nitrogens with zero attached hydrogens (tertiary/aromatic N) is 1. The molecule has 35 heavy (non-hydrogen) atoms. The Kier molecular flexibility index (Phi) is 7.84. The van der Waals surface area contributed by atoms with Gasteiger partial charge >= 0.3 is 5.97 Å². The van der Waals surface area contributed by atoms with Gasteiger partial charge in [0.25, 0.3) is 0 Å². The van der Waals surface area contributed by atoms with Crippen LogP contribution in [0.25, 0.3) is 0 Å².